The van der Waals surface area contributed by atoms with Gasteiger partial charge in [-0.15, -0.1) is 0 Å². The van der Waals surface area contributed by atoms with E-state index in [2.05, 4.69) is 37.7 Å². The molecule has 0 amide bonds. The minimum Gasteiger partial charge on any atom is -0.289 e. The summed E-state index contributed by atoms with van der Waals surface area (Å²) >= 11 is 2.06. The van der Waals surface area contributed by atoms with Crippen molar-refractivity contribution in [2.75, 3.05) is 0 Å². The molecular formula is C26H21IN4O3S. The first-order chi connectivity index (χ1) is 16.8. The Morgan fingerprint density at radius 2 is 1.66 bits per heavy atom. The van der Waals surface area contributed by atoms with E-state index in [1.54, 1.807) is 33.5 Å². The van der Waals surface area contributed by atoms with E-state index in [1.165, 1.54) is 0 Å². The smallest absolute Gasteiger partial charge is 0.216 e. The van der Waals surface area contributed by atoms with Crippen LogP contribution in [0.15, 0.2) is 84.0 Å². The lowest BCUT2D eigenvalue weighted by Crippen LogP contribution is -2.24. The van der Waals surface area contributed by atoms with Crippen molar-refractivity contribution in [3.8, 4) is 11.1 Å². The Morgan fingerprint density at radius 3 is 2.40 bits per heavy atom. The SMILES string of the molecule is Cc1ccc(CNS(=O)(=O)Cc2ccc3ccc4ncc(-c5cnn(I)c5)cc4c(=O)c3c2)cc1. The quantitative estimate of drug-likeness (QED) is 0.286. The van der Waals surface area contributed by atoms with Crippen LogP contribution in [-0.4, -0.2) is 21.4 Å². The lowest BCUT2D eigenvalue weighted by Gasteiger charge is -2.08. The van der Waals surface area contributed by atoms with Crippen molar-refractivity contribution in [2.45, 2.75) is 19.2 Å². The molecular weight excluding hydrogens is 575 g/mol. The number of halogens is 1. The number of pyridine rings is 1. The molecule has 0 aliphatic carbocycles. The van der Waals surface area contributed by atoms with E-state index in [1.807, 2.05) is 55.6 Å². The highest BCUT2D eigenvalue weighted by Crippen LogP contribution is 2.23. The van der Waals surface area contributed by atoms with Crippen LogP contribution >= 0.6 is 22.9 Å². The van der Waals surface area contributed by atoms with Crippen LogP contribution in [0.1, 0.15) is 16.7 Å². The molecule has 5 aromatic rings. The molecule has 0 radical (unpaired) electrons. The highest BCUT2D eigenvalue weighted by Gasteiger charge is 2.13. The second kappa shape index (κ2) is 9.48. The van der Waals surface area contributed by atoms with Crippen LogP contribution in [0.4, 0.5) is 0 Å². The fourth-order valence-electron chi connectivity index (χ4n) is 3.91. The van der Waals surface area contributed by atoms with Crippen LogP contribution in [0.2, 0.25) is 0 Å². The van der Waals surface area contributed by atoms with Crippen molar-refractivity contribution in [3.05, 3.63) is 106 Å². The van der Waals surface area contributed by atoms with Gasteiger partial charge in [0.1, 0.15) is 0 Å². The first kappa shape index (κ1) is 23.6. The number of benzene rings is 2. The third-order valence-electron chi connectivity index (χ3n) is 5.81. The van der Waals surface area contributed by atoms with Crippen LogP contribution in [0, 0.1) is 6.92 Å². The lowest BCUT2D eigenvalue weighted by molar-refractivity contribution is 0.580. The standard InChI is InChI=1S/C26H21IN4O3S/c1-17-2-4-18(5-3-17)12-30-35(33,34)16-19-6-7-20-8-9-25-24(26(32)23(20)10-19)11-21(13-28-25)22-14-29-31(27)15-22/h2-11,13-15,30H,12,16H2,1H3. The van der Waals surface area contributed by atoms with E-state index >= 15 is 0 Å². The summed E-state index contributed by atoms with van der Waals surface area (Å²) in [5.74, 6) is -0.219. The number of aromatic nitrogens is 3. The van der Waals surface area contributed by atoms with Crippen LogP contribution < -0.4 is 10.2 Å². The summed E-state index contributed by atoms with van der Waals surface area (Å²) in [5, 5.41) is 5.82. The Hall–Kier alpha value is -3.15. The van der Waals surface area contributed by atoms with Gasteiger partial charge >= 0.3 is 0 Å². The van der Waals surface area contributed by atoms with E-state index in [9.17, 15) is 13.2 Å². The van der Waals surface area contributed by atoms with Gasteiger partial charge in [-0.25, -0.2) is 16.0 Å². The number of rotatable bonds is 6. The van der Waals surface area contributed by atoms with Crippen LogP contribution in [0.3, 0.4) is 0 Å². The van der Waals surface area contributed by atoms with Gasteiger partial charge < -0.3 is 0 Å². The molecule has 0 saturated heterocycles. The van der Waals surface area contributed by atoms with Gasteiger partial charge in [-0.3, -0.25) is 9.78 Å². The Kier molecular flexibility index (Phi) is 6.39. The maximum absolute atomic E-state index is 13.5. The van der Waals surface area contributed by atoms with Crippen molar-refractivity contribution in [1.29, 1.82) is 0 Å². The molecule has 0 atom stereocenters. The number of aryl methyl sites for hydroxylation is 1. The predicted octanol–water partition coefficient (Wildman–Crippen LogP) is 4.74. The van der Waals surface area contributed by atoms with Crippen molar-refractivity contribution in [2.24, 2.45) is 0 Å². The van der Waals surface area contributed by atoms with Gasteiger partial charge in [-0.2, -0.15) is 5.10 Å². The average Bonchev–Trinajstić information content (AvgIpc) is 3.23. The van der Waals surface area contributed by atoms with Gasteiger partial charge in [0.15, 0.2) is 5.43 Å². The van der Waals surface area contributed by atoms with Crippen molar-refractivity contribution in [3.63, 3.8) is 0 Å². The van der Waals surface area contributed by atoms with E-state index in [0.29, 0.717) is 21.9 Å². The first-order valence-electron chi connectivity index (χ1n) is 10.9. The van der Waals surface area contributed by atoms with Gasteiger partial charge in [0.25, 0.3) is 0 Å². The van der Waals surface area contributed by atoms with E-state index < -0.39 is 10.0 Å². The number of hydrogen-bond donors (Lipinski definition) is 1. The summed E-state index contributed by atoms with van der Waals surface area (Å²) < 4.78 is 29.8. The molecule has 0 fully saturated rings. The highest BCUT2D eigenvalue weighted by atomic mass is 127. The Bertz CT molecular complexity index is 1730. The van der Waals surface area contributed by atoms with Crippen molar-refractivity contribution in [1.82, 2.24) is 17.7 Å². The molecule has 2 heterocycles. The summed E-state index contributed by atoms with van der Waals surface area (Å²) in [6, 6.07) is 18.3. The molecule has 35 heavy (non-hydrogen) atoms. The zero-order valence-corrected chi connectivity index (χ0v) is 21.7. The molecule has 2 aromatic heterocycles. The third kappa shape index (κ3) is 5.26. The Morgan fingerprint density at radius 1 is 0.914 bits per heavy atom. The Balaban J connectivity index is 1.49. The third-order valence-corrected chi connectivity index (χ3v) is 7.63. The number of nitrogens with one attached hydrogen (secondary N) is 1. The topological polar surface area (TPSA) is 93.9 Å². The van der Waals surface area contributed by atoms with E-state index in [4.69, 9.17) is 0 Å². The minimum absolute atomic E-state index is 0.192. The zero-order chi connectivity index (χ0) is 24.6. The molecule has 0 spiro atoms. The second-order valence-corrected chi connectivity index (χ2v) is 11.2. The number of sulfonamides is 1. The molecule has 5 rings (SSSR count). The second-order valence-electron chi connectivity index (χ2n) is 8.42. The monoisotopic (exact) mass is 596 g/mol. The normalized spacial score (nSPS) is 11.8. The maximum atomic E-state index is 13.5. The van der Waals surface area contributed by atoms with Gasteiger partial charge in [-0.1, -0.05) is 48.0 Å². The molecule has 0 saturated carbocycles. The molecule has 0 aliphatic rings. The molecule has 7 nitrogen and oxygen atoms in total. The fraction of sp³-hybridized carbons (Fsp3) is 0.115. The summed E-state index contributed by atoms with van der Waals surface area (Å²) in [6.07, 6.45) is 5.28. The molecule has 0 aliphatic heterocycles. The van der Waals surface area contributed by atoms with E-state index in [0.717, 1.165) is 27.6 Å². The largest absolute Gasteiger partial charge is 0.289 e. The predicted molar refractivity (Wildman–Crippen MR) is 147 cm³/mol. The summed E-state index contributed by atoms with van der Waals surface area (Å²) in [6.45, 7) is 2.20. The number of fused-ring (bicyclic) bond motifs is 2. The number of hydrogen-bond acceptors (Lipinski definition) is 5. The molecule has 3 aromatic carbocycles. The van der Waals surface area contributed by atoms with Crippen molar-refractivity contribution < 1.29 is 8.42 Å². The van der Waals surface area contributed by atoms with Crippen molar-refractivity contribution >= 4 is 54.6 Å². The van der Waals surface area contributed by atoms with Gasteiger partial charge in [0, 0.05) is 40.8 Å². The fourth-order valence-corrected chi connectivity index (χ4v) is 5.45. The van der Waals surface area contributed by atoms with Gasteiger partial charge in [0.2, 0.25) is 10.0 Å². The first-order valence-corrected chi connectivity index (χ1v) is 13.5. The summed E-state index contributed by atoms with van der Waals surface area (Å²) in [5.41, 5.74) is 4.57. The molecule has 0 bridgehead atoms. The van der Waals surface area contributed by atoms with E-state index in [-0.39, 0.29) is 17.7 Å². The van der Waals surface area contributed by atoms with Crippen LogP contribution in [0.5, 0.6) is 0 Å². The molecule has 9 heteroatoms. The minimum atomic E-state index is -3.60. The number of nitrogens with zero attached hydrogens (tertiary/aromatic N) is 3. The van der Waals surface area contributed by atoms with Gasteiger partial charge in [-0.05, 0) is 41.6 Å². The highest BCUT2D eigenvalue weighted by molar-refractivity contribution is 14.1. The Labute approximate surface area is 216 Å². The summed E-state index contributed by atoms with van der Waals surface area (Å²) in [4.78, 5) is 18.0. The van der Waals surface area contributed by atoms with Crippen LogP contribution in [-0.2, 0) is 22.3 Å². The summed E-state index contributed by atoms with van der Waals surface area (Å²) in [7, 11) is -3.60. The zero-order valence-electron chi connectivity index (χ0n) is 18.8. The molecule has 176 valence electrons. The van der Waals surface area contributed by atoms with Crippen LogP contribution in [0.25, 0.3) is 32.8 Å². The lowest BCUT2D eigenvalue weighted by atomic mass is 10.1. The average molecular weight is 596 g/mol. The van der Waals surface area contributed by atoms with Gasteiger partial charge in [0.05, 0.1) is 40.3 Å². The molecule has 1 N–H and O–H groups in total. The maximum Gasteiger partial charge on any atom is 0.216 e. The molecule has 0 unspecified atom stereocenters.